The van der Waals surface area contributed by atoms with Crippen molar-refractivity contribution in [3.8, 4) is 11.4 Å². The van der Waals surface area contributed by atoms with E-state index in [0.717, 1.165) is 11.1 Å². The largest absolute Gasteiger partial charge is 0.350 e. The highest BCUT2D eigenvalue weighted by Gasteiger charge is 2.14. The number of benzene rings is 2. The lowest BCUT2D eigenvalue weighted by atomic mass is 10.1. The maximum absolute atomic E-state index is 13.9. The van der Waals surface area contributed by atoms with Crippen molar-refractivity contribution in [3.05, 3.63) is 65.9 Å². The van der Waals surface area contributed by atoms with Gasteiger partial charge >= 0.3 is 0 Å². The lowest BCUT2D eigenvalue weighted by molar-refractivity contribution is 0.102. The normalized spacial score (nSPS) is 11.0. The SMILES string of the molecule is Cc1ccc(F)c2cc(C(=O)Nc3cccc(-c4nnc[nH]4)c3)[nH]c12. The number of anilines is 1. The number of amides is 1. The highest BCUT2D eigenvalue weighted by molar-refractivity contribution is 6.06. The van der Waals surface area contributed by atoms with E-state index >= 15 is 0 Å². The highest BCUT2D eigenvalue weighted by Crippen LogP contribution is 2.23. The Kier molecular flexibility index (Phi) is 3.53. The standard InChI is InChI=1S/C18H14FN5O/c1-10-5-6-14(19)13-8-15(23-16(10)13)18(25)22-12-4-2-3-11(7-12)17-20-9-21-24-17/h2-9,23H,1H3,(H,22,25)(H,20,21,24). The zero-order valence-corrected chi connectivity index (χ0v) is 13.3. The Morgan fingerprint density at radius 3 is 2.84 bits per heavy atom. The Morgan fingerprint density at radius 1 is 1.20 bits per heavy atom. The van der Waals surface area contributed by atoms with Crippen molar-refractivity contribution in [2.24, 2.45) is 0 Å². The summed E-state index contributed by atoms with van der Waals surface area (Å²) >= 11 is 0. The Balaban J connectivity index is 1.63. The Bertz CT molecular complexity index is 1030. The summed E-state index contributed by atoms with van der Waals surface area (Å²) in [5, 5.41) is 10.9. The number of fused-ring (bicyclic) bond motifs is 1. The number of halogens is 1. The Hall–Kier alpha value is -3.48. The summed E-state index contributed by atoms with van der Waals surface area (Å²) in [6, 6.07) is 11.8. The minimum absolute atomic E-state index is 0.299. The van der Waals surface area contributed by atoms with Crippen molar-refractivity contribution >= 4 is 22.5 Å². The minimum atomic E-state index is -0.358. The van der Waals surface area contributed by atoms with E-state index in [1.54, 1.807) is 18.2 Å². The molecule has 124 valence electrons. The molecule has 0 aliphatic carbocycles. The Labute approximate surface area is 142 Å². The predicted molar refractivity (Wildman–Crippen MR) is 92.8 cm³/mol. The molecule has 25 heavy (non-hydrogen) atoms. The Morgan fingerprint density at radius 2 is 2.08 bits per heavy atom. The van der Waals surface area contributed by atoms with Crippen molar-refractivity contribution in [1.82, 2.24) is 20.2 Å². The van der Waals surface area contributed by atoms with Crippen molar-refractivity contribution in [1.29, 1.82) is 0 Å². The molecule has 3 N–H and O–H groups in total. The van der Waals surface area contributed by atoms with E-state index in [-0.39, 0.29) is 11.7 Å². The summed E-state index contributed by atoms with van der Waals surface area (Å²) in [5.74, 6) is -0.0904. The number of hydrogen-bond acceptors (Lipinski definition) is 3. The molecule has 0 radical (unpaired) electrons. The first kappa shape index (κ1) is 15.1. The van der Waals surface area contributed by atoms with Crippen LogP contribution in [0.2, 0.25) is 0 Å². The van der Waals surface area contributed by atoms with Gasteiger partial charge in [0.15, 0.2) is 5.82 Å². The molecule has 0 saturated carbocycles. The first-order valence-corrected chi connectivity index (χ1v) is 7.67. The first-order chi connectivity index (χ1) is 12.1. The van der Waals surface area contributed by atoms with E-state index in [1.165, 1.54) is 18.5 Å². The van der Waals surface area contributed by atoms with Gasteiger partial charge in [-0.25, -0.2) is 4.39 Å². The number of rotatable bonds is 3. The molecule has 0 bridgehead atoms. The molecule has 4 rings (SSSR count). The number of carbonyl (C=O) groups is 1. The number of aromatic amines is 2. The average Bonchev–Trinajstić information content (AvgIpc) is 3.28. The summed E-state index contributed by atoms with van der Waals surface area (Å²) in [5.41, 5.74) is 3.21. The highest BCUT2D eigenvalue weighted by atomic mass is 19.1. The minimum Gasteiger partial charge on any atom is -0.350 e. The van der Waals surface area contributed by atoms with Crippen molar-refractivity contribution in [2.75, 3.05) is 5.32 Å². The number of aromatic nitrogens is 4. The van der Waals surface area contributed by atoms with E-state index in [0.29, 0.717) is 28.1 Å². The van der Waals surface area contributed by atoms with E-state index in [9.17, 15) is 9.18 Å². The van der Waals surface area contributed by atoms with E-state index in [1.807, 2.05) is 19.1 Å². The first-order valence-electron chi connectivity index (χ1n) is 7.67. The molecular weight excluding hydrogens is 321 g/mol. The summed E-state index contributed by atoms with van der Waals surface area (Å²) in [6.45, 7) is 1.86. The van der Waals surface area contributed by atoms with Crippen molar-refractivity contribution < 1.29 is 9.18 Å². The molecule has 0 unspecified atom stereocenters. The maximum atomic E-state index is 13.9. The molecule has 1 amide bonds. The molecule has 0 aliphatic rings. The monoisotopic (exact) mass is 335 g/mol. The smallest absolute Gasteiger partial charge is 0.272 e. The van der Waals surface area contributed by atoms with Gasteiger partial charge in [0.1, 0.15) is 17.8 Å². The zero-order chi connectivity index (χ0) is 17.4. The lowest BCUT2D eigenvalue weighted by Gasteiger charge is -2.05. The zero-order valence-electron chi connectivity index (χ0n) is 13.3. The summed E-state index contributed by atoms with van der Waals surface area (Å²) in [6.07, 6.45) is 1.49. The van der Waals surface area contributed by atoms with Crippen LogP contribution in [0.5, 0.6) is 0 Å². The fraction of sp³-hybridized carbons (Fsp3) is 0.0556. The molecule has 4 aromatic rings. The van der Waals surface area contributed by atoms with Gasteiger partial charge in [-0.2, -0.15) is 0 Å². The molecule has 2 heterocycles. The van der Waals surface area contributed by atoms with Crippen LogP contribution < -0.4 is 5.32 Å². The molecule has 0 spiro atoms. The molecule has 0 aliphatic heterocycles. The van der Waals surface area contributed by atoms with Gasteiger partial charge in [-0.15, -0.1) is 10.2 Å². The van der Waals surface area contributed by atoms with Crippen LogP contribution in [0.1, 0.15) is 16.1 Å². The van der Waals surface area contributed by atoms with Crippen molar-refractivity contribution in [3.63, 3.8) is 0 Å². The molecule has 0 atom stereocenters. The van der Waals surface area contributed by atoms with Crippen LogP contribution in [0.3, 0.4) is 0 Å². The van der Waals surface area contributed by atoms with Crippen LogP contribution in [0.25, 0.3) is 22.3 Å². The number of carbonyl (C=O) groups excluding carboxylic acids is 1. The third-order valence-electron chi connectivity index (χ3n) is 4.00. The fourth-order valence-electron chi connectivity index (χ4n) is 2.74. The van der Waals surface area contributed by atoms with Gasteiger partial charge in [0.25, 0.3) is 5.91 Å². The number of H-pyrrole nitrogens is 2. The molecule has 0 saturated heterocycles. The number of nitrogens with one attached hydrogen (secondary N) is 3. The van der Waals surface area contributed by atoms with Gasteiger partial charge in [0.05, 0.1) is 5.52 Å². The second kappa shape index (κ2) is 5.86. The molecule has 6 nitrogen and oxygen atoms in total. The third kappa shape index (κ3) is 2.76. The molecule has 7 heteroatoms. The van der Waals surface area contributed by atoms with E-state index in [2.05, 4.69) is 25.5 Å². The van der Waals surface area contributed by atoms with Gasteiger partial charge in [0, 0.05) is 16.6 Å². The van der Waals surface area contributed by atoms with Gasteiger partial charge in [-0.3, -0.25) is 4.79 Å². The van der Waals surface area contributed by atoms with Gasteiger partial charge in [0.2, 0.25) is 0 Å². The summed E-state index contributed by atoms with van der Waals surface area (Å²) < 4.78 is 13.9. The quantitative estimate of drug-likeness (QED) is 0.534. The molecular formula is C18H14FN5O. The van der Waals surface area contributed by atoms with Gasteiger partial charge in [-0.05, 0) is 36.8 Å². The average molecular weight is 335 g/mol. The number of hydrogen-bond donors (Lipinski definition) is 3. The summed E-state index contributed by atoms with van der Waals surface area (Å²) in [4.78, 5) is 18.4. The second-order valence-electron chi connectivity index (χ2n) is 5.71. The molecule has 0 fully saturated rings. The van der Waals surface area contributed by atoms with Gasteiger partial charge in [-0.1, -0.05) is 18.2 Å². The van der Waals surface area contributed by atoms with Crippen LogP contribution in [-0.4, -0.2) is 26.1 Å². The summed E-state index contributed by atoms with van der Waals surface area (Å²) in [7, 11) is 0. The van der Waals surface area contributed by atoms with Crippen LogP contribution in [0, 0.1) is 12.7 Å². The van der Waals surface area contributed by atoms with E-state index < -0.39 is 0 Å². The second-order valence-corrected chi connectivity index (χ2v) is 5.71. The third-order valence-corrected chi connectivity index (χ3v) is 4.00. The van der Waals surface area contributed by atoms with Crippen LogP contribution in [-0.2, 0) is 0 Å². The number of aryl methyl sites for hydroxylation is 1. The maximum Gasteiger partial charge on any atom is 0.272 e. The number of nitrogens with zero attached hydrogens (tertiary/aromatic N) is 2. The van der Waals surface area contributed by atoms with E-state index in [4.69, 9.17) is 0 Å². The van der Waals surface area contributed by atoms with Crippen LogP contribution in [0.15, 0.2) is 48.8 Å². The van der Waals surface area contributed by atoms with Crippen LogP contribution >= 0.6 is 0 Å². The van der Waals surface area contributed by atoms with Gasteiger partial charge < -0.3 is 15.3 Å². The van der Waals surface area contributed by atoms with Crippen molar-refractivity contribution in [2.45, 2.75) is 6.92 Å². The molecule has 2 aromatic heterocycles. The lowest BCUT2D eigenvalue weighted by Crippen LogP contribution is -2.12. The topological polar surface area (TPSA) is 86.5 Å². The molecule has 2 aromatic carbocycles. The van der Waals surface area contributed by atoms with Crippen LogP contribution in [0.4, 0.5) is 10.1 Å². The predicted octanol–water partition coefficient (Wildman–Crippen LogP) is 3.65. The fourth-order valence-corrected chi connectivity index (χ4v) is 2.74.